The molecule has 1 aliphatic rings. The van der Waals surface area contributed by atoms with Gasteiger partial charge in [-0.1, -0.05) is 30.3 Å². The highest BCUT2D eigenvalue weighted by atomic mass is 16.2. The minimum absolute atomic E-state index is 0.00000498. The number of carbonyl (C=O) groups excluding carboxylic acids is 10. The number of aromatic amines is 1. The molecule has 0 aliphatic carbocycles. The number of nitrogen functional groups attached to an aromatic ring is 1. The minimum Gasteiger partial charge on any atom is -0.399 e. The zero-order valence-corrected chi connectivity index (χ0v) is 42.1. The van der Waals surface area contributed by atoms with Gasteiger partial charge in [0.2, 0.25) is 59.1 Å². The Morgan fingerprint density at radius 1 is 0.711 bits per heavy atom. The van der Waals surface area contributed by atoms with Gasteiger partial charge in [0, 0.05) is 68.6 Å². The van der Waals surface area contributed by atoms with Gasteiger partial charge in [0.25, 0.3) is 0 Å². The van der Waals surface area contributed by atoms with Gasteiger partial charge in [-0.05, 0) is 74.3 Å². The summed E-state index contributed by atoms with van der Waals surface area (Å²) >= 11 is 0. The van der Waals surface area contributed by atoms with Gasteiger partial charge in [-0.15, -0.1) is 0 Å². The van der Waals surface area contributed by atoms with Crippen LogP contribution in [0, 0.1) is 10.8 Å². The van der Waals surface area contributed by atoms with Gasteiger partial charge in [0.05, 0.1) is 6.42 Å². The van der Waals surface area contributed by atoms with Crippen LogP contribution in [0.25, 0.3) is 10.9 Å². The molecule has 0 spiro atoms. The predicted molar refractivity (Wildman–Crippen MR) is 279 cm³/mol. The van der Waals surface area contributed by atoms with Gasteiger partial charge in [-0.3, -0.25) is 58.8 Å². The summed E-state index contributed by atoms with van der Waals surface area (Å²) in [6.45, 7) is 1.32. The smallest absolute Gasteiger partial charge is 0.243 e. The maximum absolute atomic E-state index is 14.6. The van der Waals surface area contributed by atoms with Crippen molar-refractivity contribution in [2.24, 2.45) is 22.9 Å². The molecule has 4 rings (SSSR count). The molecule has 3 aromatic rings. The van der Waals surface area contributed by atoms with E-state index in [-0.39, 0.29) is 82.9 Å². The summed E-state index contributed by atoms with van der Waals surface area (Å²) in [6.07, 6.45) is -0.140. The molecule has 7 atom stereocenters. The van der Waals surface area contributed by atoms with Crippen molar-refractivity contribution in [2.45, 2.75) is 120 Å². The normalized spacial score (nSPS) is 20.9. The predicted octanol–water partition coefficient (Wildman–Crippen LogP) is -4.47. The van der Waals surface area contributed by atoms with Crippen LogP contribution in [0.3, 0.4) is 0 Å². The summed E-state index contributed by atoms with van der Waals surface area (Å²) < 4.78 is 0. The highest BCUT2D eigenvalue weighted by Crippen LogP contribution is 2.20. The van der Waals surface area contributed by atoms with Crippen molar-refractivity contribution in [1.82, 2.24) is 58.2 Å². The Bertz CT molecular complexity index is 2590. The van der Waals surface area contributed by atoms with Crippen LogP contribution in [0.15, 0.2) is 54.7 Å². The molecule has 28 nitrogen and oxygen atoms in total. The molecule has 0 bridgehead atoms. The van der Waals surface area contributed by atoms with E-state index in [9.17, 15) is 47.9 Å². The molecule has 2 aromatic carbocycles. The van der Waals surface area contributed by atoms with E-state index in [0.29, 0.717) is 16.8 Å². The van der Waals surface area contributed by atoms with Gasteiger partial charge >= 0.3 is 0 Å². The molecule has 2 heterocycles. The Morgan fingerprint density at radius 3 is 1.95 bits per heavy atom. The lowest BCUT2D eigenvalue weighted by Gasteiger charge is -2.28. The van der Waals surface area contributed by atoms with Gasteiger partial charge in [0.15, 0.2) is 11.9 Å². The molecule has 1 saturated heterocycles. The van der Waals surface area contributed by atoms with Crippen molar-refractivity contribution in [1.29, 1.82) is 10.8 Å². The number of nitrogens with two attached hydrogens (primary N) is 5. The summed E-state index contributed by atoms with van der Waals surface area (Å²) in [6, 6.07) is 3.09. The summed E-state index contributed by atoms with van der Waals surface area (Å²) in [5.74, 6) is -9.60. The van der Waals surface area contributed by atoms with Crippen molar-refractivity contribution in [2.75, 3.05) is 25.4 Å². The first-order chi connectivity index (χ1) is 36.1. The molecular weight excluding hydrogens is 989 g/mol. The lowest BCUT2D eigenvalue weighted by molar-refractivity contribution is -0.136. The second-order valence-electron chi connectivity index (χ2n) is 18.2. The number of hydrogen-bond donors (Lipinski definition) is 18. The number of carbonyl (C=O) groups is 10. The van der Waals surface area contributed by atoms with Crippen LogP contribution in [0.5, 0.6) is 0 Å². The summed E-state index contributed by atoms with van der Waals surface area (Å²) in [5.41, 5.74) is 30.3. The third kappa shape index (κ3) is 20.1. The number of anilines is 1. The van der Waals surface area contributed by atoms with Gasteiger partial charge in [0.1, 0.15) is 42.3 Å². The molecule has 0 unspecified atom stereocenters. The Morgan fingerprint density at radius 2 is 1.30 bits per heavy atom. The maximum atomic E-state index is 14.6. The SMILES string of the molecule is CC(=O)N[C@@H](CCCNC(=N)N)C(=O)N[C@H]1CCC(=O)NCCC[C@@H](C(N)=O)NC(=O)[C@H](Cc2c[nH]c3ccccc23)NC(=O)[C@H](CCCNC(=N)N)NC(=O)[C@@H](Cc2ccc(N)cc2)NC(=O)[C@H](CC(N)=O)NC1=O. The minimum atomic E-state index is -1.80. The van der Waals surface area contributed by atoms with Crippen LogP contribution in [0.1, 0.15) is 75.8 Å². The fraction of sp³-hybridized carbons (Fsp3) is 0.458. The zero-order chi connectivity index (χ0) is 55.9. The lowest BCUT2D eigenvalue weighted by Crippen LogP contribution is -2.61. The molecule has 412 valence electrons. The van der Waals surface area contributed by atoms with Gasteiger partial charge < -0.3 is 86.8 Å². The number of amides is 10. The first-order valence-electron chi connectivity index (χ1n) is 24.6. The number of aromatic nitrogens is 1. The molecular formula is C48H70N18O10. The van der Waals surface area contributed by atoms with Crippen LogP contribution in [-0.4, -0.2) is 138 Å². The van der Waals surface area contributed by atoms with Crippen molar-refractivity contribution in [3.8, 4) is 0 Å². The number of para-hydroxylation sites is 1. The van der Waals surface area contributed by atoms with E-state index in [1.54, 1.807) is 36.5 Å². The van der Waals surface area contributed by atoms with E-state index in [1.807, 2.05) is 6.07 Å². The van der Waals surface area contributed by atoms with E-state index in [2.05, 4.69) is 58.2 Å². The molecule has 1 aliphatic heterocycles. The monoisotopic (exact) mass is 1060 g/mol. The highest BCUT2D eigenvalue weighted by molar-refractivity contribution is 5.99. The Balaban J connectivity index is 1.78. The van der Waals surface area contributed by atoms with Gasteiger partial charge in [-0.25, -0.2) is 0 Å². The van der Waals surface area contributed by atoms with Crippen molar-refractivity contribution in [3.05, 3.63) is 65.9 Å². The van der Waals surface area contributed by atoms with Crippen LogP contribution in [-0.2, 0) is 60.8 Å². The number of H-pyrrole nitrogens is 1. The lowest BCUT2D eigenvalue weighted by atomic mass is 10.0. The van der Waals surface area contributed by atoms with Crippen LogP contribution in [0.4, 0.5) is 5.69 Å². The third-order valence-corrected chi connectivity index (χ3v) is 12.1. The molecule has 76 heavy (non-hydrogen) atoms. The fourth-order valence-corrected chi connectivity index (χ4v) is 8.17. The Labute approximate surface area is 437 Å². The molecule has 28 heteroatoms. The second-order valence-corrected chi connectivity index (χ2v) is 18.2. The Hall–Kier alpha value is -8.98. The topological polar surface area (TPSA) is 485 Å². The number of nitrogens with one attached hydrogen (secondary N) is 13. The van der Waals surface area contributed by atoms with Gasteiger partial charge in [-0.2, -0.15) is 0 Å². The van der Waals surface area contributed by atoms with Crippen molar-refractivity contribution >= 4 is 87.6 Å². The molecule has 10 amide bonds. The maximum Gasteiger partial charge on any atom is 0.243 e. The summed E-state index contributed by atoms with van der Waals surface area (Å²) in [7, 11) is 0. The number of hydrogen-bond acceptors (Lipinski definition) is 13. The number of benzene rings is 2. The number of guanidine groups is 2. The number of rotatable bonds is 18. The van der Waals surface area contributed by atoms with E-state index in [4.69, 9.17) is 39.5 Å². The summed E-state index contributed by atoms with van der Waals surface area (Å²) in [5, 5.41) is 41.6. The van der Waals surface area contributed by atoms with E-state index in [1.165, 1.54) is 12.1 Å². The summed E-state index contributed by atoms with van der Waals surface area (Å²) in [4.78, 5) is 140. The number of primary amides is 2. The Kier molecular flexibility index (Phi) is 23.2. The largest absolute Gasteiger partial charge is 0.399 e. The fourth-order valence-electron chi connectivity index (χ4n) is 8.17. The van der Waals surface area contributed by atoms with E-state index < -0.39 is 121 Å². The molecule has 1 aromatic heterocycles. The molecule has 0 saturated carbocycles. The quantitative estimate of drug-likeness (QED) is 0.0247. The second kappa shape index (κ2) is 29.7. The molecule has 1 fully saturated rings. The molecule has 23 N–H and O–H groups in total. The first-order valence-corrected chi connectivity index (χ1v) is 24.6. The standard InChI is InChI=1S/C48H70N18O10/c1-25(67)60-32(10-5-19-57-47(52)53)41(71)63-34-16-17-39(69)56-18-4-9-31(40(51)70)61-45(75)36(22-27-24-59-30-8-3-2-7-29(27)30)65-42(72)33(11-6-20-58-48(54)55)62-44(74)35(21-26-12-14-28(49)15-13-26)64-46(76)37(23-38(50)68)66-43(34)73/h2-3,7-8,12-15,24,31-37,59H,4-6,9-11,16-23,49H2,1H3,(H2,50,68)(H2,51,70)(H,56,69)(H,60,67)(H,61,75)(H,62,74)(H,63,71)(H,64,76)(H,65,72)(H,66,73)(H4,52,53,57)(H4,54,55,58)/t31-,32-,33-,34-,35+,36-,37-/m0/s1. The average Bonchev–Trinajstić information content (AvgIpc) is 3.76. The third-order valence-electron chi connectivity index (χ3n) is 12.1. The highest BCUT2D eigenvalue weighted by Gasteiger charge is 2.35. The van der Waals surface area contributed by atoms with Crippen LogP contribution >= 0.6 is 0 Å². The zero-order valence-electron chi connectivity index (χ0n) is 42.1. The van der Waals surface area contributed by atoms with Crippen LogP contribution in [0.2, 0.25) is 0 Å². The van der Waals surface area contributed by atoms with Crippen molar-refractivity contribution < 1.29 is 47.9 Å². The van der Waals surface area contributed by atoms with E-state index in [0.717, 1.165) is 17.8 Å². The van der Waals surface area contributed by atoms with Crippen molar-refractivity contribution in [3.63, 3.8) is 0 Å². The van der Waals surface area contributed by atoms with Crippen LogP contribution < -0.4 is 81.8 Å². The average molecular weight is 1060 g/mol. The van der Waals surface area contributed by atoms with E-state index >= 15 is 0 Å². The molecule has 0 radical (unpaired) electrons. The first kappa shape index (κ1) is 59.6. The number of fused-ring (bicyclic) bond motifs is 1.